The largest absolute Gasteiger partial charge is 0.468 e. The van der Waals surface area contributed by atoms with Crippen LogP contribution in [0.2, 0.25) is 0 Å². The van der Waals surface area contributed by atoms with E-state index < -0.39 is 30.9 Å². The molecule has 9 nitrogen and oxygen atoms in total. The predicted molar refractivity (Wildman–Crippen MR) is 93.7 cm³/mol. The van der Waals surface area contributed by atoms with E-state index in [1.807, 2.05) is 18.2 Å². The Bertz CT molecular complexity index is 818. The summed E-state index contributed by atoms with van der Waals surface area (Å²) in [4.78, 5) is 36.9. The van der Waals surface area contributed by atoms with Crippen LogP contribution < -0.4 is 0 Å². The van der Waals surface area contributed by atoms with E-state index in [9.17, 15) is 14.4 Å². The number of rotatable bonds is 6. The molecule has 26 heavy (non-hydrogen) atoms. The van der Waals surface area contributed by atoms with Crippen molar-refractivity contribution in [3.63, 3.8) is 0 Å². The van der Waals surface area contributed by atoms with Crippen molar-refractivity contribution in [1.82, 2.24) is 19.9 Å². The van der Waals surface area contributed by atoms with Crippen LogP contribution in [0.3, 0.4) is 0 Å². The molecule has 0 aliphatic heterocycles. The quantitative estimate of drug-likeness (QED) is 0.639. The van der Waals surface area contributed by atoms with E-state index in [0.29, 0.717) is 11.4 Å². The molecule has 0 unspecified atom stereocenters. The predicted octanol–water partition coefficient (Wildman–Crippen LogP) is 1.13. The maximum atomic E-state index is 12.8. The fourth-order valence-corrected chi connectivity index (χ4v) is 2.56. The first-order valence-corrected chi connectivity index (χ1v) is 8.27. The van der Waals surface area contributed by atoms with Gasteiger partial charge in [0.15, 0.2) is 5.69 Å². The van der Waals surface area contributed by atoms with E-state index in [4.69, 9.17) is 0 Å². The minimum Gasteiger partial charge on any atom is -0.468 e. The second-order valence-corrected chi connectivity index (χ2v) is 6.14. The molecule has 0 aliphatic rings. The van der Waals surface area contributed by atoms with Crippen LogP contribution in [0.25, 0.3) is 5.69 Å². The van der Waals surface area contributed by atoms with Gasteiger partial charge in [-0.1, -0.05) is 27.2 Å². The molecule has 1 amide bonds. The molecular weight excluding hydrogens is 408 g/mol. The number of nitrogens with zero attached hydrogens (tertiary/aromatic N) is 4. The van der Waals surface area contributed by atoms with Crippen LogP contribution in [-0.2, 0) is 19.1 Å². The number of methoxy groups -OCH3 is 2. The number of hydrogen-bond acceptors (Lipinski definition) is 7. The summed E-state index contributed by atoms with van der Waals surface area (Å²) in [6, 6.07) is 7.30. The number of hydrogen-bond donors (Lipinski definition) is 0. The van der Waals surface area contributed by atoms with Crippen molar-refractivity contribution in [3.8, 4) is 5.69 Å². The molecule has 0 fully saturated rings. The zero-order chi connectivity index (χ0) is 19.3. The lowest BCUT2D eigenvalue weighted by atomic mass is 10.2. The van der Waals surface area contributed by atoms with Gasteiger partial charge in [-0.2, -0.15) is 0 Å². The van der Waals surface area contributed by atoms with Crippen molar-refractivity contribution in [1.29, 1.82) is 0 Å². The molecule has 0 spiro atoms. The lowest BCUT2D eigenvalue weighted by Gasteiger charge is -2.19. The minimum atomic E-state index is -0.667. The maximum Gasteiger partial charge on any atom is 0.325 e. The van der Waals surface area contributed by atoms with Crippen LogP contribution in [0, 0.1) is 6.92 Å². The number of aromatic nitrogens is 3. The third kappa shape index (κ3) is 4.45. The van der Waals surface area contributed by atoms with Crippen molar-refractivity contribution in [2.45, 2.75) is 6.92 Å². The molecule has 1 aromatic carbocycles. The van der Waals surface area contributed by atoms with E-state index in [1.54, 1.807) is 13.0 Å². The lowest BCUT2D eigenvalue weighted by Crippen LogP contribution is -2.40. The van der Waals surface area contributed by atoms with Gasteiger partial charge in [-0.15, -0.1) is 5.10 Å². The molecule has 138 valence electrons. The Balaban J connectivity index is 2.33. The number of carbonyl (C=O) groups is 3. The number of esters is 2. The standard InChI is InChI=1S/C16H17BrN4O5/c1-10-15(18-19-21(10)12-6-4-5-11(17)7-12)16(24)20(8-13(22)25-2)9-14(23)26-3/h4-7H,8-9H2,1-3H3. The summed E-state index contributed by atoms with van der Waals surface area (Å²) in [5.41, 5.74) is 1.20. The molecule has 10 heteroatoms. The van der Waals surface area contributed by atoms with Gasteiger partial charge in [-0.25, -0.2) is 4.68 Å². The third-order valence-electron chi connectivity index (χ3n) is 3.53. The van der Waals surface area contributed by atoms with Gasteiger partial charge in [0.25, 0.3) is 5.91 Å². The Hall–Kier alpha value is -2.75. The summed E-state index contributed by atoms with van der Waals surface area (Å²) in [7, 11) is 2.38. The third-order valence-corrected chi connectivity index (χ3v) is 4.03. The molecule has 0 N–H and O–H groups in total. The van der Waals surface area contributed by atoms with Crippen molar-refractivity contribution in [2.75, 3.05) is 27.3 Å². The second-order valence-electron chi connectivity index (χ2n) is 5.23. The Morgan fingerprint density at radius 3 is 2.31 bits per heavy atom. The molecule has 1 aromatic heterocycles. The van der Waals surface area contributed by atoms with Crippen molar-refractivity contribution >= 4 is 33.8 Å². The maximum absolute atomic E-state index is 12.8. The highest BCUT2D eigenvalue weighted by Gasteiger charge is 2.27. The van der Waals surface area contributed by atoms with E-state index in [0.717, 1.165) is 9.37 Å². The van der Waals surface area contributed by atoms with E-state index in [2.05, 4.69) is 35.7 Å². The van der Waals surface area contributed by atoms with E-state index in [1.165, 1.54) is 18.9 Å². The summed E-state index contributed by atoms with van der Waals surface area (Å²) in [6.07, 6.45) is 0. The number of ether oxygens (including phenoxy) is 2. The monoisotopic (exact) mass is 424 g/mol. The first-order chi connectivity index (χ1) is 12.4. The van der Waals surface area contributed by atoms with Gasteiger partial charge in [-0.05, 0) is 25.1 Å². The number of amides is 1. The zero-order valence-electron chi connectivity index (χ0n) is 14.4. The van der Waals surface area contributed by atoms with E-state index >= 15 is 0 Å². The average molecular weight is 425 g/mol. The molecule has 0 saturated heterocycles. The van der Waals surface area contributed by atoms with Crippen molar-refractivity contribution < 1.29 is 23.9 Å². The molecule has 2 rings (SSSR count). The van der Waals surface area contributed by atoms with Gasteiger partial charge in [-0.3, -0.25) is 14.4 Å². The van der Waals surface area contributed by atoms with Crippen LogP contribution in [0.5, 0.6) is 0 Å². The Labute approximate surface area is 158 Å². The summed E-state index contributed by atoms with van der Waals surface area (Å²) in [5.74, 6) is -1.96. The molecule has 0 atom stereocenters. The van der Waals surface area contributed by atoms with Crippen LogP contribution in [0.1, 0.15) is 16.2 Å². The SMILES string of the molecule is COC(=O)CN(CC(=O)OC)C(=O)c1nnn(-c2cccc(Br)c2)c1C. The van der Waals surface area contributed by atoms with Crippen LogP contribution >= 0.6 is 15.9 Å². The molecule has 0 aliphatic carbocycles. The first kappa shape index (κ1) is 19.6. The summed E-state index contributed by atoms with van der Waals surface area (Å²) < 4.78 is 11.5. The van der Waals surface area contributed by atoms with Gasteiger partial charge in [0.1, 0.15) is 13.1 Å². The highest BCUT2D eigenvalue weighted by atomic mass is 79.9. The van der Waals surface area contributed by atoms with Gasteiger partial charge in [0, 0.05) is 4.47 Å². The first-order valence-electron chi connectivity index (χ1n) is 7.48. The van der Waals surface area contributed by atoms with Crippen LogP contribution in [0.15, 0.2) is 28.7 Å². The van der Waals surface area contributed by atoms with Gasteiger partial charge in [0.05, 0.1) is 25.6 Å². The van der Waals surface area contributed by atoms with E-state index in [-0.39, 0.29) is 5.69 Å². The molecular formula is C16H17BrN4O5. The smallest absolute Gasteiger partial charge is 0.325 e. The summed E-state index contributed by atoms with van der Waals surface area (Å²) in [6.45, 7) is 0.851. The highest BCUT2D eigenvalue weighted by Crippen LogP contribution is 2.18. The number of halogens is 1. The van der Waals surface area contributed by atoms with Crippen molar-refractivity contribution in [3.05, 3.63) is 40.1 Å². The summed E-state index contributed by atoms with van der Waals surface area (Å²) in [5, 5.41) is 7.91. The molecule has 2 aromatic rings. The fourth-order valence-electron chi connectivity index (χ4n) is 2.17. The van der Waals surface area contributed by atoms with Gasteiger partial charge in [0.2, 0.25) is 0 Å². The molecule has 0 saturated carbocycles. The van der Waals surface area contributed by atoms with Gasteiger partial charge >= 0.3 is 11.9 Å². The molecule has 0 bridgehead atoms. The Morgan fingerprint density at radius 2 is 1.77 bits per heavy atom. The topological polar surface area (TPSA) is 104 Å². The summed E-state index contributed by atoms with van der Waals surface area (Å²) >= 11 is 3.37. The van der Waals surface area contributed by atoms with Crippen molar-refractivity contribution in [2.24, 2.45) is 0 Å². The number of carbonyl (C=O) groups excluding carboxylic acids is 3. The Morgan fingerprint density at radius 1 is 1.15 bits per heavy atom. The fraction of sp³-hybridized carbons (Fsp3) is 0.312. The minimum absolute atomic E-state index is 0.0257. The highest BCUT2D eigenvalue weighted by molar-refractivity contribution is 9.10. The van der Waals surface area contributed by atoms with Crippen LogP contribution in [0.4, 0.5) is 0 Å². The van der Waals surface area contributed by atoms with Crippen LogP contribution in [-0.4, -0.2) is 65.0 Å². The normalized spacial score (nSPS) is 10.3. The van der Waals surface area contributed by atoms with Gasteiger partial charge < -0.3 is 14.4 Å². The molecule has 0 radical (unpaired) electrons. The average Bonchev–Trinajstić information content (AvgIpc) is 3.01. The lowest BCUT2D eigenvalue weighted by molar-refractivity contribution is -0.144. The zero-order valence-corrected chi connectivity index (χ0v) is 16.0. The molecule has 1 heterocycles. The number of benzene rings is 1. The Kier molecular flexibility index (Phi) is 6.45. The second kappa shape index (κ2) is 8.56.